The van der Waals surface area contributed by atoms with Gasteiger partial charge in [-0.25, -0.2) is 9.97 Å². The van der Waals surface area contributed by atoms with Crippen LogP contribution < -0.4 is 10.1 Å². The van der Waals surface area contributed by atoms with Crippen LogP contribution in [0.15, 0.2) is 36.0 Å². The highest BCUT2D eigenvalue weighted by atomic mass is 32.1. The number of hydrogen-bond acceptors (Lipinski definition) is 6. The predicted molar refractivity (Wildman–Crippen MR) is 119 cm³/mol. The van der Waals surface area contributed by atoms with Gasteiger partial charge in [-0.3, -0.25) is 9.59 Å². The van der Waals surface area contributed by atoms with Gasteiger partial charge in [0, 0.05) is 36.9 Å². The zero-order chi connectivity index (χ0) is 21.5. The van der Waals surface area contributed by atoms with Crippen molar-refractivity contribution >= 4 is 40.6 Å². The van der Waals surface area contributed by atoms with Gasteiger partial charge in [0.15, 0.2) is 17.7 Å². The topological polar surface area (TPSA) is 84.4 Å². The Morgan fingerprint density at radius 2 is 2.23 bits per heavy atom. The molecule has 1 N–H and O–H groups in total. The van der Waals surface area contributed by atoms with E-state index in [0.717, 1.165) is 30.1 Å². The number of anilines is 1. The number of pyridine rings is 1. The summed E-state index contributed by atoms with van der Waals surface area (Å²) in [6.07, 6.45) is 9.56. The van der Waals surface area contributed by atoms with Crippen molar-refractivity contribution in [1.29, 1.82) is 0 Å². The molecular weight excluding hydrogens is 412 g/mol. The van der Waals surface area contributed by atoms with Crippen LogP contribution in [0.1, 0.15) is 30.8 Å². The minimum Gasteiger partial charge on any atom is -0.476 e. The van der Waals surface area contributed by atoms with Gasteiger partial charge in [-0.15, -0.1) is 11.3 Å². The SMILES string of the molecule is CC(C)C1Oc2cc(/C=C/C(=O)N3CC4C=C(c5nccs5)CC4C3)cnc2NC1=O. The van der Waals surface area contributed by atoms with E-state index in [0.29, 0.717) is 23.4 Å². The highest BCUT2D eigenvalue weighted by Gasteiger charge is 2.38. The molecule has 5 rings (SSSR count). The molecule has 2 amide bonds. The first kappa shape index (κ1) is 19.9. The predicted octanol–water partition coefficient (Wildman–Crippen LogP) is 3.47. The summed E-state index contributed by atoms with van der Waals surface area (Å²) in [6, 6.07) is 1.81. The van der Waals surface area contributed by atoms with Gasteiger partial charge in [0.25, 0.3) is 5.91 Å². The minimum atomic E-state index is -0.540. The monoisotopic (exact) mass is 436 g/mol. The largest absolute Gasteiger partial charge is 0.476 e. The number of fused-ring (bicyclic) bond motifs is 2. The third-order valence-corrected chi connectivity index (χ3v) is 6.91. The molecule has 1 fully saturated rings. The number of aromatic nitrogens is 2. The van der Waals surface area contributed by atoms with Gasteiger partial charge in [-0.1, -0.05) is 19.9 Å². The molecule has 3 atom stereocenters. The van der Waals surface area contributed by atoms with Crippen molar-refractivity contribution in [3.05, 3.63) is 46.6 Å². The first-order valence-electron chi connectivity index (χ1n) is 10.5. The zero-order valence-corrected chi connectivity index (χ0v) is 18.3. The maximum atomic E-state index is 12.7. The van der Waals surface area contributed by atoms with E-state index in [-0.39, 0.29) is 17.7 Å². The molecule has 2 aromatic rings. The minimum absolute atomic E-state index is 0.00518. The number of carbonyl (C=O) groups is 2. The lowest BCUT2D eigenvalue weighted by Gasteiger charge is -2.27. The summed E-state index contributed by atoms with van der Waals surface area (Å²) >= 11 is 1.67. The fourth-order valence-corrected chi connectivity index (χ4v) is 5.13. The highest BCUT2D eigenvalue weighted by Crippen LogP contribution is 2.41. The van der Waals surface area contributed by atoms with E-state index >= 15 is 0 Å². The molecule has 0 saturated carbocycles. The first-order valence-corrected chi connectivity index (χ1v) is 11.4. The molecule has 3 aliphatic rings. The van der Waals surface area contributed by atoms with E-state index in [2.05, 4.69) is 21.4 Å². The second kappa shape index (κ2) is 7.92. The van der Waals surface area contributed by atoms with Gasteiger partial charge in [-0.2, -0.15) is 0 Å². The Morgan fingerprint density at radius 1 is 1.35 bits per heavy atom. The van der Waals surface area contributed by atoms with Crippen molar-refractivity contribution in [2.75, 3.05) is 18.4 Å². The second-order valence-corrected chi connectivity index (χ2v) is 9.52. The summed E-state index contributed by atoms with van der Waals surface area (Å²) < 4.78 is 5.83. The zero-order valence-electron chi connectivity index (χ0n) is 17.4. The quantitative estimate of drug-likeness (QED) is 0.742. The van der Waals surface area contributed by atoms with Gasteiger partial charge in [0.05, 0.1) is 0 Å². The van der Waals surface area contributed by atoms with Crippen LogP contribution in [0, 0.1) is 17.8 Å². The van der Waals surface area contributed by atoms with E-state index in [1.165, 1.54) is 5.57 Å². The Hall–Kier alpha value is -3.00. The molecule has 3 unspecified atom stereocenters. The molecule has 1 saturated heterocycles. The summed E-state index contributed by atoms with van der Waals surface area (Å²) in [7, 11) is 0. The van der Waals surface area contributed by atoms with Crippen LogP contribution in [0.3, 0.4) is 0 Å². The summed E-state index contributed by atoms with van der Waals surface area (Å²) in [5, 5.41) is 5.89. The van der Waals surface area contributed by atoms with Crippen molar-refractivity contribution in [2.24, 2.45) is 17.8 Å². The normalized spacial score (nSPS) is 24.7. The van der Waals surface area contributed by atoms with Gasteiger partial charge < -0.3 is 15.0 Å². The average Bonchev–Trinajstić information content (AvgIpc) is 3.47. The van der Waals surface area contributed by atoms with Crippen LogP contribution in [0.25, 0.3) is 11.6 Å². The lowest BCUT2D eigenvalue weighted by Crippen LogP contribution is -2.40. The van der Waals surface area contributed by atoms with Crippen LogP contribution in [-0.4, -0.2) is 45.9 Å². The Balaban J connectivity index is 1.23. The Kier molecular flexibility index (Phi) is 5.09. The molecular formula is C23H24N4O3S. The van der Waals surface area contributed by atoms with Crippen LogP contribution in [0.2, 0.25) is 0 Å². The van der Waals surface area contributed by atoms with Crippen molar-refractivity contribution in [3.8, 4) is 5.75 Å². The number of amides is 2. The summed E-state index contributed by atoms with van der Waals surface area (Å²) in [5.41, 5.74) is 2.08. The molecule has 0 aromatic carbocycles. The maximum Gasteiger partial charge on any atom is 0.266 e. The number of rotatable bonds is 4. The second-order valence-electron chi connectivity index (χ2n) is 8.62. The number of allylic oxidation sites excluding steroid dienone is 1. The van der Waals surface area contributed by atoms with Crippen LogP contribution >= 0.6 is 11.3 Å². The van der Waals surface area contributed by atoms with Crippen molar-refractivity contribution in [1.82, 2.24) is 14.9 Å². The van der Waals surface area contributed by atoms with Gasteiger partial charge in [0.1, 0.15) is 5.01 Å². The molecule has 0 radical (unpaired) electrons. The number of nitrogens with one attached hydrogen (secondary N) is 1. The molecule has 160 valence electrons. The number of ether oxygens (including phenoxy) is 1. The number of likely N-dealkylation sites (tertiary alicyclic amines) is 1. The highest BCUT2D eigenvalue weighted by molar-refractivity contribution is 7.10. The molecule has 1 aliphatic carbocycles. The van der Waals surface area contributed by atoms with Gasteiger partial charge >= 0.3 is 0 Å². The third-order valence-electron chi connectivity index (χ3n) is 6.06. The van der Waals surface area contributed by atoms with E-state index in [1.54, 1.807) is 29.7 Å². The van der Waals surface area contributed by atoms with Crippen molar-refractivity contribution < 1.29 is 14.3 Å². The van der Waals surface area contributed by atoms with Crippen LogP contribution in [0.4, 0.5) is 5.82 Å². The fourth-order valence-electron chi connectivity index (χ4n) is 4.46. The van der Waals surface area contributed by atoms with Crippen molar-refractivity contribution in [2.45, 2.75) is 26.4 Å². The standard InChI is InChI=1S/C23H24N4O3S/c1-13(2)20-22(29)26-21-18(30-20)7-14(10-25-21)3-4-19(28)27-11-16-8-15(9-17(16)12-27)23-24-5-6-31-23/h3-8,10,13,16-17,20H,9,11-12H2,1-2H3,(H,25,26,29)/b4-3+. The third kappa shape index (κ3) is 3.87. The lowest BCUT2D eigenvalue weighted by molar-refractivity contribution is -0.126. The van der Waals surface area contributed by atoms with E-state index < -0.39 is 6.10 Å². The molecule has 2 aromatic heterocycles. The van der Waals surface area contributed by atoms with E-state index in [4.69, 9.17) is 4.74 Å². The molecule has 0 spiro atoms. The number of thiazole rings is 1. The molecule has 0 bridgehead atoms. The molecule has 4 heterocycles. The maximum absolute atomic E-state index is 12.7. The smallest absolute Gasteiger partial charge is 0.266 e. The van der Waals surface area contributed by atoms with Crippen LogP contribution in [-0.2, 0) is 9.59 Å². The summed E-state index contributed by atoms with van der Waals surface area (Å²) in [5.74, 6) is 1.71. The lowest BCUT2D eigenvalue weighted by atomic mass is 10.00. The molecule has 2 aliphatic heterocycles. The fraction of sp³-hybridized carbons (Fsp3) is 0.391. The van der Waals surface area contributed by atoms with E-state index in [1.807, 2.05) is 36.4 Å². The van der Waals surface area contributed by atoms with Gasteiger partial charge in [-0.05, 0) is 47.5 Å². The van der Waals surface area contributed by atoms with Crippen molar-refractivity contribution in [3.63, 3.8) is 0 Å². The summed E-state index contributed by atoms with van der Waals surface area (Å²) in [4.78, 5) is 35.4. The number of nitrogens with zero attached hydrogens (tertiary/aromatic N) is 3. The van der Waals surface area contributed by atoms with E-state index in [9.17, 15) is 9.59 Å². The van der Waals surface area contributed by atoms with Gasteiger partial charge in [0.2, 0.25) is 5.91 Å². The van der Waals surface area contributed by atoms with Crippen LogP contribution in [0.5, 0.6) is 5.75 Å². The first-order chi connectivity index (χ1) is 15.0. The molecule has 31 heavy (non-hydrogen) atoms. The molecule has 7 nitrogen and oxygen atoms in total. The Bertz CT molecular complexity index is 1080. The summed E-state index contributed by atoms with van der Waals surface area (Å²) in [6.45, 7) is 5.39. The number of carbonyl (C=O) groups excluding carboxylic acids is 2. The number of hydrogen-bond donors (Lipinski definition) is 1. The average molecular weight is 437 g/mol. The Morgan fingerprint density at radius 3 is 2.97 bits per heavy atom. The molecule has 8 heteroatoms. The Labute approximate surface area is 184 Å².